The second-order valence-electron chi connectivity index (χ2n) is 9.31. The minimum atomic E-state index is -1.31. The summed E-state index contributed by atoms with van der Waals surface area (Å²) in [5.74, 6) is -4.43. The van der Waals surface area contributed by atoms with Crippen LogP contribution in [0.2, 0.25) is 0 Å². The van der Waals surface area contributed by atoms with Crippen molar-refractivity contribution >= 4 is 47.8 Å². The van der Waals surface area contributed by atoms with E-state index in [1.54, 1.807) is 26.0 Å². The predicted octanol–water partition coefficient (Wildman–Crippen LogP) is 2.92. The number of carbonyl (C=O) groups is 3. The number of carbonyl (C=O) groups excluding carboxylic acids is 2. The standard InChI is InChI=1S/C25H30F3N5O4S.ClH/c1-13(2)22(25(36)37)32-20-4-3-14(11-30-20)12-31-23(35)24-33(5-6-38-24)21(34)9-16(29)7-15-8-18(27)19(28)10-17(15)26;/h3-4,8,10-11,13,16,22,24H,5-7,9,12,29H2,1-2H3,(H,30,32)(H,31,35)(H,36,37);1H/t16-,22-,24+;/m1./s1. The van der Waals surface area contributed by atoms with Crippen molar-refractivity contribution in [3.05, 3.63) is 59.0 Å². The average molecular weight is 590 g/mol. The first-order valence-corrected chi connectivity index (χ1v) is 13.0. The second-order valence-corrected chi connectivity index (χ2v) is 10.5. The number of hydrogen-bond donors (Lipinski definition) is 4. The highest BCUT2D eigenvalue weighted by atomic mass is 35.5. The Bertz CT molecular complexity index is 1180. The Morgan fingerprint density at radius 2 is 1.87 bits per heavy atom. The smallest absolute Gasteiger partial charge is 0.326 e. The molecular weight excluding hydrogens is 559 g/mol. The van der Waals surface area contributed by atoms with Crippen molar-refractivity contribution < 1.29 is 32.7 Å². The number of nitrogens with two attached hydrogens (primary N) is 1. The third-order valence-corrected chi connectivity index (χ3v) is 7.17. The molecule has 2 heterocycles. The van der Waals surface area contributed by atoms with E-state index in [2.05, 4.69) is 15.6 Å². The molecule has 3 atom stereocenters. The van der Waals surface area contributed by atoms with Crippen LogP contribution in [0, 0.1) is 23.4 Å². The van der Waals surface area contributed by atoms with Crippen LogP contribution < -0.4 is 16.4 Å². The number of pyridine rings is 1. The van der Waals surface area contributed by atoms with Gasteiger partial charge in [0, 0.05) is 43.6 Å². The van der Waals surface area contributed by atoms with Gasteiger partial charge in [-0.3, -0.25) is 9.59 Å². The Kier molecular flexibility index (Phi) is 11.9. The number of benzene rings is 1. The van der Waals surface area contributed by atoms with Crippen molar-refractivity contribution in [1.29, 1.82) is 0 Å². The summed E-state index contributed by atoms with van der Waals surface area (Å²) >= 11 is 1.29. The number of aromatic nitrogens is 1. The van der Waals surface area contributed by atoms with E-state index >= 15 is 0 Å². The lowest BCUT2D eigenvalue weighted by atomic mass is 10.0. The first kappa shape index (κ1) is 32.2. The van der Waals surface area contributed by atoms with Gasteiger partial charge in [0.1, 0.15) is 17.7 Å². The van der Waals surface area contributed by atoms with Crippen LogP contribution in [0.1, 0.15) is 31.4 Å². The topological polar surface area (TPSA) is 138 Å². The third kappa shape index (κ3) is 8.73. The minimum Gasteiger partial charge on any atom is -0.480 e. The van der Waals surface area contributed by atoms with Gasteiger partial charge in [0.15, 0.2) is 17.0 Å². The van der Waals surface area contributed by atoms with Crippen LogP contribution in [-0.4, -0.2) is 62.5 Å². The normalized spacial score (nSPS) is 16.4. The number of amides is 2. The summed E-state index contributed by atoms with van der Waals surface area (Å²) in [7, 11) is 0. The molecule has 0 saturated carbocycles. The number of nitrogens with zero attached hydrogens (tertiary/aromatic N) is 2. The van der Waals surface area contributed by atoms with Crippen LogP contribution in [0.25, 0.3) is 0 Å². The number of carboxylic acid groups (broad SMARTS) is 1. The van der Waals surface area contributed by atoms with Crippen molar-refractivity contribution in [1.82, 2.24) is 15.2 Å². The third-order valence-electron chi connectivity index (χ3n) is 5.97. The van der Waals surface area contributed by atoms with Crippen LogP contribution >= 0.6 is 24.2 Å². The predicted molar refractivity (Wildman–Crippen MR) is 144 cm³/mol. The van der Waals surface area contributed by atoms with Crippen molar-refractivity contribution in [2.24, 2.45) is 11.7 Å². The van der Waals surface area contributed by atoms with Crippen molar-refractivity contribution in [2.45, 2.75) is 50.7 Å². The molecule has 5 N–H and O–H groups in total. The molecule has 3 rings (SSSR count). The number of aliphatic carboxylic acids is 1. The summed E-state index contributed by atoms with van der Waals surface area (Å²) in [6.07, 6.45) is 1.15. The zero-order chi connectivity index (χ0) is 28.0. The van der Waals surface area contributed by atoms with Gasteiger partial charge < -0.3 is 26.4 Å². The van der Waals surface area contributed by atoms with E-state index < -0.39 is 46.8 Å². The Hall–Kier alpha value is -3.03. The molecule has 214 valence electrons. The Labute approximate surface area is 234 Å². The van der Waals surface area contributed by atoms with Crippen LogP contribution in [0.15, 0.2) is 30.5 Å². The molecule has 1 aliphatic heterocycles. The monoisotopic (exact) mass is 589 g/mol. The van der Waals surface area contributed by atoms with Gasteiger partial charge in [0.25, 0.3) is 5.91 Å². The molecule has 1 aromatic heterocycles. The van der Waals surface area contributed by atoms with Gasteiger partial charge >= 0.3 is 5.97 Å². The molecule has 2 amide bonds. The zero-order valence-electron chi connectivity index (χ0n) is 21.3. The molecule has 0 aliphatic carbocycles. The Morgan fingerprint density at radius 3 is 2.49 bits per heavy atom. The van der Waals surface area contributed by atoms with Gasteiger partial charge in [-0.15, -0.1) is 24.2 Å². The van der Waals surface area contributed by atoms with E-state index in [1.807, 2.05) is 0 Å². The summed E-state index contributed by atoms with van der Waals surface area (Å²) in [6, 6.07) is 2.84. The maximum atomic E-state index is 13.9. The molecule has 1 aromatic carbocycles. The Morgan fingerprint density at radius 1 is 1.18 bits per heavy atom. The lowest BCUT2D eigenvalue weighted by molar-refractivity contribution is -0.139. The first-order valence-electron chi connectivity index (χ1n) is 12.0. The van der Waals surface area contributed by atoms with Crippen LogP contribution in [-0.2, 0) is 27.3 Å². The number of anilines is 1. The molecule has 0 radical (unpaired) electrons. The fourth-order valence-electron chi connectivity index (χ4n) is 3.92. The van der Waals surface area contributed by atoms with E-state index in [0.717, 1.165) is 6.07 Å². The van der Waals surface area contributed by atoms with Crippen molar-refractivity contribution in [3.63, 3.8) is 0 Å². The van der Waals surface area contributed by atoms with Gasteiger partial charge in [0.2, 0.25) is 5.91 Å². The molecule has 0 spiro atoms. The second kappa shape index (κ2) is 14.4. The first-order chi connectivity index (χ1) is 18.0. The van der Waals surface area contributed by atoms with E-state index in [1.165, 1.54) is 22.9 Å². The molecule has 39 heavy (non-hydrogen) atoms. The maximum absolute atomic E-state index is 13.9. The fraction of sp³-hybridized carbons (Fsp3) is 0.440. The highest BCUT2D eigenvalue weighted by molar-refractivity contribution is 8.00. The summed E-state index contributed by atoms with van der Waals surface area (Å²) in [5, 5.41) is 14.2. The van der Waals surface area contributed by atoms with Gasteiger partial charge in [0.05, 0.1) is 0 Å². The van der Waals surface area contributed by atoms with Gasteiger partial charge in [-0.1, -0.05) is 19.9 Å². The lowest BCUT2D eigenvalue weighted by Crippen LogP contribution is -2.46. The summed E-state index contributed by atoms with van der Waals surface area (Å²) < 4.78 is 40.5. The number of hydrogen-bond acceptors (Lipinski definition) is 7. The van der Waals surface area contributed by atoms with E-state index in [0.29, 0.717) is 29.7 Å². The molecule has 0 bridgehead atoms. The largest absolute Gasteiger partial charge is 0.480 e. The average Bonchev–Trinajstić information content (AvgIpc) is 3.35. The highest BCUT2D eigenvalue weighted by Gasteiger charge is 2.35. The molecule has 1 saturated heterocycles. The van der Waals surface area contributed by atoms with Crippen molar-refractivity contribution in [3.8, 4) is 0 Å². The molecule has 2 aromatic rings. The summed E-state index contributed by atoms with van der Waals surface area (Å²) in [5.41, 5.74) is 6.53. The van der Waals surface area contributed by atoms with Crippen molar-refractivity contribution in [2.75, 3.05) is 17.6 Å². The Balaban J connectivity index is 0.00000533. The molecule has 0 unspecified atom stereocenters. The van der Waals surface area contributed by atoms with E-state index in [-0.39, 0.29) is 49.2 Å². The highest BCUT2D eigenvalue weighted by Crippen LogP contribution is 2.25. The van der Waals surface area contributed by atoms with Gasteiger partial charge in [-0.2, -0.15) is 0 Å². The quantitative estimate of drug-likeness (QED) is 0.294. The number of halogens is 4. The number of thioether (sulfide) groups is 1. The lowest BCUT2D eigenvalue weighted by Gasteiger charge is -2.24. The number of rotatable bonds is 11. The number of carboxylic acids is 1. The SMILES string of the molecule is CC(C)[C@@H](Nc1ccc(CNC(=O)[C@@H]2SCCN2C(=O)C[C@H](N)Cc2cc(F)c(F)cc2F)cn1)C(=O)O.Cl. The van der Waals surface area contributed by atoms with Crippen LogP contribution in [0.3, 0.4) is 0 Å². The summed E-state index contributed by atoms with van der Waals surface area (Å²) in [6.45, 7) is 4.04. The van der Waals surface area contributed by atoms with E-state index in [9.17, 15) is 32.7 Å². The molecule has 1 fully saturated rings. The van der Waals surface area contributed by atoms with Gasteiger partial charge in [-0.25, -0.2) is 22.9 Å². The minimum absolute atomic E-state index is 0. The van der Waals surface area contributed by atoms with Crippen LogP contribution in [0.5, 0.6) is 0 Å². The maximum Gasteiger partial charge on any atom is 0.326 e. The summed E-state index contributed by atoms with van der Waals surface area (Å²) in [4.78, 5) is 42.6. The zero-order valence-corrected chi connectivity index (χ0v) is 23.0. The molecule has 14 heteroatoms. The fourth-order valence-corrected chi connectivity index (χ4v) is 5.09. The van der Waals surface area contributed by atoms with Crippen LogP contribution in [0.4, 0.5) is 19.0 Å². The van der Waals surface area contributed by atoms with Gasteiger partial charge in [-0.05, 0) is 35.6 Å². The molecule has 9 nitrogen and oxygen atoms in total. The molecular formula is C25H31ClF3N5O4S. The van der Waals surface area contributed by atoms with E-state index in [4.69, 9.17) is 5.73 Å². The number of nitrogens with one attached hydrogen (secondary N) is 2. The molecule has 1 aliphatic rings.